The largest absolute Gasteiger partial charge is 0.437 e. The van der Waals surface area contributed by atoms with Gasteiger partial charge in [0.05, 0.1) is 10.9 Å². The maximum atomic E-state index is 13.0. The van der Waals surface area contributed by atoms with E-state index >= 15 is 0 Å². The minimum Gasteiger partial charge on any atom is -0.437 e. The van der Waals surface area contributed by atoms with Crippen LogP contribution in [0.2, 0.25) is 0 Å². The minimum absolute atomic E-state index is 0.210. The number of nitrogens with one attached hydrogen (secondary N) is 1. The van der Waals surface area contributed by atoms with Gasteiger partial charge in [-0.25, -0.2) is 4.21 Å². The highest BCUT2D eigenvalue weighted by Gasteiger charge is 2.32. The predicted molar refractivity (Wildman–Crippen MR) is 154 cm³/mol. The fourth-order valence-corrected chi connectivity index (χ4v) is 5.68. The third-order valence-electron chi connectivity index (χ3n) is 7.21. The van der Waals surface area contributed by atoms with Crippen molar-refractivity contribution in [3.05, 3.63) is 47.0 Å². The number of carbonyl (C=O) groups excluding carboxylic acids is 2. The highest BCUT2D eigenvalue weighted by molar-refractivity contribution is 7.85. The van der Waals surface area contributed by atoms with E-state index < -0.39 is 11.0 Å². The first-order chi connectivity index (χ1) is 18.4. The molecule has 1 atom stereocenters. The van der Waals surface area contributed by atoms with E-state index in [0.29, 0.717) is 47.1 Å². The molecule has 1 amide bonds. The Balaban J connectivity index is 1.60. The molecule has 4 rings (SSSR count). The maximum Gasteiger partial charge on any atom is 0.255 e. The normalized spacial score (nSPS) is 14.0. The number of rotatable bonds is 15. The van der Waals surface area contributed by atoms with Crippen LogP contribution in [-0.2, 0) is 15.8 Å². The molecule has 8 heteroatoms. The lowest BCUT2D eigenvalue weighted by molar-refractivity contribution is -0.107. The van der Waals surface area contributed by atoms with Gasteiger partial charge in [-0.05, 0) is 50.2 Å². The lowest BCUT2D eigenvalue weighted by atomic mass is 10.0. The van der Waals surface area contributed by atoms with Crippen LogP contribution in [0.1, 0.15) is 91.6 Å². The molecule has 2 aromatic heterocycles. The maximum absolute atomic E-state index is 13.0. The molecule has 7 nitrogen and oxygen atoms in total. The Kier molecular flexibility index (Phi) is 9.72. The Morgan fingerprint density at radius 3 is 2.37 bits per heavy atom. The number of nitrogens with zero attached hydrogens (tertiary/aromatic N) is 2. The molecule has 0 radical (unpaired) electrons. The molecule has 1 unspecified atom stereocenters. The number of fused-ring (bicyclic) bond motifs is 1. The van der Waals surface area contributed by atoms with Gasteiger partial charge in [-0.1, -0.05) is 61.9 Å². The number of benzene rings is 1. The third-order valence-corrected chi connectivity index (χ3v) is 8.18. The second-order valence-electron chi connectivity index (χ2n) is 10.2. The van der Waals surface area contributed by atoms with Crippen LogP contribution in [0.25, 0.3) is 22.4 Å². The standard InChI is InChI=1S/C30H39N3O4S/c1-21-12-14-23(15-13-21)27-26(29(35)31-2)25-20-24(22-16-17-22)28(32-30(25)37-27)33(38(3)36)18-10-8-6-4-5-7-9-11-19-34/h12-15,19-20,22H,4-11,16-18H2,1-3H3,(H,31,35). The molecule has 1 fully saturated rings. The summed E-state index contributed by atoms with van der Waals surface area (Å²) in [6, 6.07) is 9.95. The predicted octanol–water partition coefficient (Wildman–Crippen LogP) is 6.46. The number of furan rings is 1. The molecule has 1 saturated carbocycles. The average Bonchev–Trinajstić information content (AvgIpc) is 3.69. The van der Waals surface area contributed by atoms with Crippen molar-refractivity contribution in [2.45, 2.75) is 77.0 Å². The molecule has 2 heterocycles. The van der Waals surface area contributed by atoms with E-state index in [1.54, 1.807) is 13.3 Å². The number of hydrogen-bond acceptors (Lipinski definition) is 5. The van der Waals surface area contributed by atoms with E-state index in [1.165, 1.54) is 0 Å². The van der Waals surface area contributed by atoms with Crippen LogP contribution in [-0.4, -0.2) is 41.2 Å². The number of aldehydes is 1. The molecule has 1 N–H and O–H groups in total. The lowest BCUT2D eigenvalue weighted by Gasteiger charge is -2.23. The van der Waals surface area contributed by atoms with Gasteiger partial charge >= 0.3 is 0 Å². The molecule has 0 saturated heterocycles. The van der Waals surface area contributed by atoms with E-state index in [9.17, 15) is 13.8 Å². The Morgan fingerprint density at radius 2 is 1.76 bits per heavy atom. The van der Waals surface area contributed by atoms with Crippen LogP contribution in [0.5, 0.6) is 0 Å². The topological polar surface area (TPSA) is 92.5 Å². The van der Waals surface area contributed by atoms with E-state index in [-0.39, 0.29) is 5.91 Å². The number of amides is 1. The first kappa shape index (κ1) is 28.0. The molecular weight excluding hydrogens is 498 g/mol. The highest BCUT2D eigenvalue weighted by Crippen LogP contribution is 2.46. The molecule has 0 spiro atoms. The van der Waals surface area contributed by atoms with E-state index in [2.05, 4.69) is 5.32 Å². The summed E-state index contributed by atoms with van der Waals surface area (Å²) >= 11 is 0. The summed E-state index contributed by atoms with van der Waals surface area (Å²) in [7, 11) is 0.382. The molecule has 0 aliphatic heterocycles. The van der Waals surface area contributed by atoms with Gasteiger partial charge in [-0.3, -0.25) is 9.10 Å². The highest BCUT2D eigenvalue weighted by atomic mass is 32.2. The Bertz CT molecular complexity index is 1280. The van der Waals surface area contributed by atoms with Crippen LogP contribution < -0.4 is 9.62 Å². The van der Waals surface area contributed by atoms with Crippen molar-refractivity contribution in [1.29, 1.82) is 0 Å². The summed E-state index contributed by atoms with van der Waals surface area (Å²) in [6.07, 6.45) is 13.0. The molecule has 38 heavy (non-hydrogen) atoms. The van der Waals surface area contributed by atoms with Crippen molar-refractivity contribution in [3.8, 4) is 11.3 Å². The minimum atomic E-state index is -1.24. The zero-order valence-corrected chi connectivity index (χ0v) is 23.6. The van der Waals surface area contributed by atoms with Crippen LogP contribution >= 0.6 is 0 Å². The van der Waals surface area contributed by atoms with Gasteiger partial charge in [-0.15, -0.1) is 0 Å². The molecule has 0 bridgehead atoms. The van der Waals surface area contributed by atoms with E-state index in [4.69, 9.17) is 9.40 Å². The average molecular weight is 538 g/mol. The van der Waals surface area contributed by atoms with Crippen LogP contribution in [0.4, 0.5) is 5.82 Å². The number of aromatic nitrogens is 1. The van der Waals surface area contributed by atoms with Crippen molar-refractivity contribution in [1.82, 2.24) is 10.3 Å². The molecule has 204 valence electrons. The Hall–Kier alpha value is -3.00. The lowest BCUT2D eigenvalue weighted by Crippen LogP contribution is -2.28. The van der Waals surface area contributed by atoms with Gasteiger partial charge in [0.1, 0.15) is 28.8 Å². The molecule has 1 aromatic carbocycles. The molecule has 1 aliphatic rings. The SMILES string of the molecule is CNC(=O)c1c(-c2ccc(C)cc2)oc2nc(N(CCCCCCCCCC=O)S(C)=O)c(C3CC3)cc12. The van der Waals surface area contributed by atoms with Gasteiger partial charge in [-0.2, -0.15) is 4.98 Å². The van der Waals surface area contributed by atoms with Gasteiger partial charge in [0.15, 0.2) is 0 Å². The van der Waals surface area contributed by atoms with Crippen molar-refractivity contribution in [2.75, 3.05) is 24.2 Å². The smallest absolute Gasteiger partial charge is 0.255 e. The zero-order valence-electron chi connectivity index (χ0n) is 22.8. The fraction of sp³-hybridized carbons (Fsp3) is 0.500. The number of pyridine rings is 1. The first-order valence-electron chi connectivity index (χ1n) is 13.8. The quantitative estimate of drug-likeness (QED) is 0.177. The molecule has 3 aromatic rings. The summed E-state index contributed by atoms with van der Waals surface area (Å²) in [6.45, 7) is 2.67. The van der Waals surface area contributed by atoms with Crippen molar-refractivity contribution < 1.29 is 18.2 Å². The summed E-state index contributed by atoms with van der Waals surface area (Å²) in [5.74, 6) is 1.36. The van der Waals surface area contributed by atoms with E-state index in [1.807, 2.05) is 41.6 Å². The third kappa shape index (κ3) is 6.70. The summed E-state index contributed by atoms with van der Waals surface area (Å²) < 4.78 is 21.0. The summed E-state index contributed by atoms with van der Waals surface area (Å²) in [5, 5.41) is 3.45. The number of aryl methyl sites for hydroxylation is 1. The van der Waals surface area contributed by atoms with Crippen LogP contribution in [0, 0.1) is 6.92 Å². The summed E-state index contributed by atoms with van der Waals surface area (Å²) in [5.41, 5.74) is 3.88. The van der Waals surface area contributed by atoms with Crippen molar-refractivity contribution in [2.24, 2.45) is 0 Å². The Labute approximate surface area is 228 Å². The van der Waals surface area contributed by atoms with Gasteiger partial charge < -0.3 is 14.5 Å². The van der Waals surface area contributed by atoms with Gasteiger partial charge in [0, 0.05) is 31.8 Å². The number of hydrogen-bond donors (Lipinski definition) is 1. The second-order valence-corrected chi connectivity index (χ2v) is 11.5. The first-order valence-corrected chi connectivity index (χ1v) is 15.3. The summed E-state index contributed by atoms with van der Waals surface area (Å²) in [4.78, 5) is 28.4. The van der Waals surface area contributed by atoms with Crippen molar-refractivity contribution in [3.63, 3.8) is 0 Å². The zero-order chi connectivity index (χ0) is 27.1. The van der Waals surface area contributed by atoms with Crippen molar-refractivity contribution >= 4 is 40.1 Å². The van der Waals surface area contributed by atoms with Gasteiger partial charge in [0.2, 0.25) is 5.71 Å². The number of anilines is 1. The van der Waals surface area contributed by atoms with Gasteiger partial charge in [0.25, 0.3) is 5.91 Å². The Morgan fingerprint density at radius 1 is 1.11 bits per heavy atom. The molecular formula is C30H39N3O4S. The number of unbranched alkanes of at least 4 members (excludes halogenated alkanes) is 7. The molecule has 1 aliphatic carbocycles. The van der Waals surface area contributed by atoms with Crippen LogP contribution in [0.15, 0.2) is 34.7 Å². The number of carbonyl (C=O) groups is 2. The monoisotopic (exact) mass is 537 g/mol. The fourth-order valence-electron chi connectivity index (χ4n) is 4.91. The van der Waals surface area contributed by atoms with Crippen LogP contribution in [0.3, 0.4) is 0 Å². The van der Waals surface area contributed by atoms with E-state index in [0.717, 1.165) is 80.8 Å². The second kappa shape index (κ2) is 13.2.